The summed E-state index contributed by atoms with van der Waals surface area (Å²) in [6, 6.07) is 7.78. The molecule has 11 heteroatoms. The number of hydrogen-bond acceptors (Lipinski definition) is 7. The summed E-state index contributed by atoms with van der Waals surface area (Å²) in [5.74, 6) is -3.17. The van der Waals surface area contributed by atoms with E-state index in [1.165, 1.54) is 0 Å². The van der Waals surface area contributed by atoms with Crippen molar-refractivity contribution in [2.24, 2.45) is 11.8 Å². The maximum atomic E-state index is 14.7. The zero-order valence-corrected chi connectivity index (χ0v) is 29.0. The number of hydrogen-bond donors (Lipinski definition) is 2. The fraction of sp³-hybridized carbons (Fsp3) is 0.611. The summed E-state index contributed by atoms with van der Waals surface area (Å²) in [5, 5.41) is 12.3. The maximum absolute atomic E-state index is 14.7. The van der Waals surface area contributed by atoms with E-state index in [-0.39, 0.29) is 30.7 Å². The molecule has 0 aliphatic carbocycles. The zero-order valence-electron chi connectivity index (χ0n) is 27.4. The van der Waals surface area contributed by atoms with E-state index >= 15 is 0 Å². The Labute approximate surface area is 286 Å². The van der Waals surface area contributed by atoms with E-state index < -0.39 is 47.7 Å². The summed E-state index contributed by atoms with van der Waals surface area (Å²) in [6.45, 7) is 5.23. The van der Waals surface area contributed by atoms with Crippen LogP contribution < -0.4 is 5.32 Å². The molecule has 2 saturated heterocycles. The van der Waals surface area contributed by atoms with Crippen LogP contribution in [0.15, 0.2) is 53.0 Å². The molecule has 2 fully saturated rings. The van der Waals surface area contributed by atoms with Gasteiger partial charge in [-0.25, -0.2) is 0 Å². The Bertz CT molecular complexity index is 1350. The quantitative estimate of drug-likeness (QED) is 0.196. The minimum absolute atomic E-state index is 0.110. The van der Waals surface area contributed by atoms with E-state index in [4.69, 9.17) is 9.47 Å². The summed E-state index contributed by atoms with van der Waals surface area (Å²) in [4.78, 5) is 59.8. The first-order valence-corrected chi connectivity index (χ1v) is 18.0. The van der Waals surface area contributed by atoms with Crippen molar-refractivity contribution in [2.75, 3.05) is 26.2 Å². The van der Waals surface area contributed by atoms with E-state index in [0.717, 1.165) is 37.7 Å². The highest BCUT2D eigenvalue weighted by molar-refractivity contribution is 9.11. The number of amides is 3. The lowest BCUT2D eigenvalue weighted by atomic mass is 9.74. The van der Waals surface area contributed by atoms with E-state index in [2.05, 4.69) is 28.2 Å². The van der Waals surface area contributed by atoms with Crippen LogP contribution in [0, 0.1) is 11.8 Å². The van der Waals surface area contributed by atoms with Crippen LogP contribution in [0.1, 0.15) is 83.3 Å². The van der Waals surface area contributed by atoms with Crippen molar-refractivity contribution in [3.8, 4) is 0 Å². The van der Waals surface area contributed by atoms with Crippen LogP contribution in [0.2, 0.25) is 0 Å². The minimum Gasteiger partial charge on any atom is -0.455 e. The second-order valence-corrected chi connectivity index (χ2v) is 14.0. The number of rotatable bonds is 11. The molecule has 0 aromatic heterocycles. The monoisotopic (exact) mass is 713 g/mol. The Hall–Kier alpha value is -3.02. The van der Waals surface area contributed by atoms with Crippen LogP contribution in [0.25, 0.3) is 0 Å². The van der Waals surface area contributed by atoms with Gasteiger partial charge in [-0.2, -0.15) is 0 Å². The molecule has 47 heavy (non-hydrogen) atoms. The number of cyclic esters (lactones) is 1. The number of likely N-dealkylation sites (tertiary alicyclic amines) is 1. The molecule has 10 nitrogen and oxygen atoms in total. The van der Waals surface area contributed by atoms with Gasteiger partial charge in [0.05, 0.1) is 12.0 Å². The molecule has 1 aromatic carbocycles. The van der Waals surface area contributed by atoms with Crippen LogP contribution in [0.4, 0.5) is 0 Å². The van der Waals surface area contributed by atoms with Gasteiger partial charge in [0, 0.05) is 37.1 Å². The second-order valence-electron chi connectivity index (χ2n) is 13.1. The Morgan fingerprint density at radius 3 is 2.45 bits per heavy atom. The van der Waals surface area contributed by atoms with Crippen molar-refractivity contribution >= 4 is 39.6 Å². The fourth-order valence-electron chi connectivity index (χ4n) is 7.51. The van der Waals surface area contributed by atoms with Gasteiger partial charge in [0.15, 0.2) is 0 Å². The van der Waals surface area contributed by atoms with E-state index in [9.17, 15) is 24.3 Å². The topological polar surface area (TPSA) is 125 Å². The Balaban J connectivity index is 1.55. The van der Waals surface area contributed by atoms with Gasteiger partial charge in [0.25, 0.3) is 0 Å². The van der Waals surface area contributed by atoms with Crippen LogP contribution in [-0.4, -0.2) is 88.6 Å². The number of carbonyl (C=O) groups is 4. The predicted molar refractivity (Wildman–Crippen MR) is 180 cm³/mol. The standard InChI is InChI=1S/C36H48BrN3O7/c1-3-4-12-19-39-20-13-8-11-18-27(42)38-24(2)30(25-16-9-7-10-17-25)46-35(45)28-29-33(43)40(21-14-5-6-15-22-41)32(34(39)44)36(29)23-26(37)31(28)47-36/h7-10,13,16-17,23-24,28-32,41H,3-6,11-12,14-15,18-22H2,1-2H3,(H,38,42)/b13-8-/t24-,28+,29-,30+,31+,32+,36-/m0/s1. The number of fused-ring (bicyclic) bond motifs is 2. The smallest absolute Gasteiger partial charge is 0.313 e. The lowest BCUT2D eigenvalue weighted by Crippen LogP contribution is -2.56. The van der Waals surface area contributed by atoms with Crippen LogP contribution in [-0.2, 0) is 28.7 Å². The van der Waals surface area contributed by atoms with Crippen molar-refractivity contribution in [3.05, 3.63) is 58.6 Å². The molecule has 7 atom stereocenters. The van der Waals surface area contributed by atoms with Gasteiger partial charge in [-0.15, -0.1) is 0 Å². The van der Waals surface area contributed by atoms with E-state index in [1.54, 1.807) is 9.80 Å². The predicted octanol–water partition coefficient (Wildman–Crippen LogP) is 4.57. The van der Waals surface area contributed by atoms with E-state index in [1.807, 2.05) is 55.5 Å². The van der Waals surface area contributed by atoms with Gasteiger partial charge in [-0.05, 0) is 44.2 Å². The average molecular weight is 715 g/mol. The molecular weight excluding hydrogens is 666 g/mol. The number of aliphatic hydroxyl groups is 1. The number of halogens is 1. The second kappa shape index (κ2) is 15.9. The molecule has 0 saturated carbocycles. The Kier molecular flexibility index (Phi) is 12.0. The SMILES string of the molecule is CCCCCN1C/C=C\CCC(=O)N[C@@H](C)[C@H](c2ccccc2)OC(=O)[C@H]2[C@@H]3O[C@@]4(C=C3Br)[C@@H]2C(=O)N(CCCCCCO)[C@@H]4C1=O. The van der Waals surface area contributed by atoms with Gasteiger partial charge in [0.2, 0.25) is 17.7 Å². The van der Waals surface area contributed by atoms with Gasteiger partial charge >= 0.3 is 5.97 Å². The highest BCUT2D eigenvalue weighted by Crippen LogP contribution is 2.59. The lowest BCUT2D eigenvalue weighted by Gasteiger charge is -2.36. The van der Waals surface area contributed by atoms with Crippen molar-refractivity contribution in [1.82, 2.24) is 15.1 Å². The third kappa shape index (κ3) is 7.37. The number of benzene rings is 1. The third-order valence-electron chi connectivity index (χ3n) is 9.83. The van der Waals surface area contributed by atoms with Crippen LogP contribution >= 0.6 is 15.9 Å². The van der Waals surface area contributed by atoms with Gasteiger partial charge < -0.3 is 29.7 Å². The molecule has 1 spiro atoms. The summed E-state index contributed by atoms with van der Waals surface area (Å²) in [5.41, 5.74) is -0.604. The third-order valence-corrected chi connectivity index (χ3v) is 10.5. The maximum Gasteiger partial charge on any atom is 0.313 e. The average Bonchev–Trinajstić information content (AvgIpc) is 3.65. The number of nitrogens with zero attached hydrogens (tertiary/aromatic N) is 2. The Morgan fingerprint density at radius 1 is 0.957 bits per heavy atom. The molecule has 3 amide bonds. The number of ether oxygens (including phenoxy) is 2. The fourth-order valence-corrected chi connectivity index (χ4v) is 8.25. The zero-order chi connectivity index (χ0) is 33.6. The van der Waals surface area contributed by atoms with Crippen molar-refractivity contribution < 1.29 is 33.8 Å². The molecule has 0 radical (unpaired) electrons. The van der Waals surface area contributed by atoms with Crippen LogP contribution in [0.3, 0.4) is 0 Å². The largest absolute Gasteiger partial charge is 0.455 e. The molecule has 0 unspecified atom stereocenters. The molecule has 2 N–H and O–H groups in total. The van der Waals surface area contributed by atoms with E-state index in [0.29, 0.717) is 43.4 Å². The normalized spacial score (nSPS) is 31.9. The molecule has 5 rings (SSSR count). The van der Waals surface area contributed by atoms with Gasteiger partial charge in [0.1, 0.15) is 29.8 Å². The molecule has 4 heterocycles. The number of esters is 1. The number of aliphatic hydroxyl groups excluding tert-OH is 1. The summed E-state index contributed by atoms with van der Waals surface area (Å²) >= 11 is 3.63. The van der Waals surface area contributed by atoms with Crippen LogP contribution in [0.5, 0.6) is 0 Å². The van der Waals surface area contributed by atoms with Crippen molar-refractivity contribution in [2.45, 2.75) is 102 Å². The first-order chi connectivity index (χ1) is 22.7. The molecule has 4 aliphatic rings. The summed E-state index contributed by atoms with van der Waals surface area (Å²) in [6.07, 6.45) is 10.5. The molecule has 1 aromatic rings. The minimum atomic E-state index is -1.32. The molecule has 5 bridgehead atoms. The van der Waals surface area contributed by atoms with Crippen molar-refractivity contribution in [3.63, 3.8) is 0 Å². The highest BCUT2D eigenvalue weighted by Gasteiger charge is 2.74. The number of carbonyl (C=O) groups excluding carboxylic acids is 4. The molecule has 4 aliphatic heterocycles. The number of unbranched alkanes of at least 4 members (excludes halogenated alkanes) is 5. The highest BCUT2D eigenvalue weighted by atomic mass is 79.9. The number of nitrogens with one attached hydrogen (secondary N) is 1. The molecular formula is C36H48BrN3O7. The van der Waals surface area contributed by atoms with Gasteiger partial charge in [-0.1, -0.05) is 91.0 Å². The molecule has 256 valence electrons. The number of allylic oxidation sites excluding steroid dienone is 1. The lowest BCUT2D eigenvalue weighted by molar-refractivity contribution is -0.161. The van der Waals surface area contributed by atoms with Gasteiger partial charge in [-0.3, -0.25) is 19.2 Å². The Morgan fingerprint density at radius 2 is 1.70 bits per heavy atom. The first-order valence-electron chi connectivity index (χ1n) is 17.2. The summed E-state index contributed by atoms with van der Waals surface area (Å²) < 4.78 is 13.5. The summed E-state index contributed by atoms with van der Waals surface area (Å²) in [7, 11) is 0. The first kappa shape index (κ1) is 35.3. The van der Waals surface area contributed by atoms with Crippen molar-refractivity contribution in [1.29, 1.82) is 0 Å².